The van der Waals surface area contributed by atoms with Crippen molar-refractivity contribution in [2.75, 3.05) is 6.26 Å². The summed E-state index contributed by atoms with van der Waals surface area (Å²) in [5, 5.41) is 4.14. The molecule has 0 saturated carbocycles. The van der Waals surface area contributed by atoms with Gasteiger partial charge in [0.1, 0.15) is 8.42 Å². The molecule has 114 valence electrons. The first kappa shape index (κ1) is 15.0. The van der Waals surface area contributed by atoms with Crippen LogP contribution < -0.4 is 0 Å². The molecule has 3 rings (SSSR count). The molecular weight excluding hydrogens is 356 g/mol. The molecule has 0 aromatic carbocycles. The van der Waals surface area contributed by atoms with E-state index in [-0.39, 0.29) is 8.42 Å². The van der Waals surface area contributed by atoms with Crippen molar-refractivity contribution in [3.63, 3.8) is 0 Å². The molecule has 10 heteroatoms. The van der Waals surface area contributed by atoms with Gasteiger partial charge in [-0.25, -0.2) is 16.8 Å². The van der Waals surface area contributed by atoms with Crippen LogP contribution >= 0.6 is 22.0 Å². The second-order valence-corrected chi connectivity index (χ2v) is 10.9. The molecular formula is C11H11ClN2O4S3. The highest BCUT2D eigenvalue weighted by Gasteiger charge is 2.35. The van der Waals surface area contributed by atoms with Crippen LogP contribution in [0.3, 0.4) is 0 Å². The number of hydrogen-bond donors (Lipinski definition) is 0. The lowest BCUT2D eigenvalue weighted by Gasteiger charge is -2.15. The predicted molar refractivity (Wildman–Crippen MR) is 80.1 cm³/mol. The molecule has 0 amide bonds. The highest BCUT2D eigenvalue weighted by molar-refractivity contribution is 8.15. The summed E-state index contributed by atoms with van der Waals surface area (Å²) in [5.74, 6) is 0. The smallest absolute Gasteiger partial charge is 0.268 e. The highest BCUT2D eigenvalue weighted by Crippen LogP contribution is 2.46. The minimum atomic E-state index is -3.99. The van der Waals surface area contributed by atoms with Crippen molar-refractivity contribution < 1.29 is 16.8 Å². The van der Waals surface area contributed by atoms with Gasteiger partial charge in [0, 0.05) is 29.5 Å². The van der Waals surface area contributed by atoms with Gasteiger partial charge in [0.15, 0.2) is 9.84 Å². The van der Waals surface area contributed by atoms with E-state index in [9.17, 15) is 16.8 Å². The lowest BCUT2D eigenvalue weighted by atomic mass is 9.94. The van der Waals surface area contributed by atoms with E-state index < -0.39 is 18.9 Å². The minimum Gasteiger partial charge on any atom is -0.268 e. The quantitative estimate of drug-likeness (QED) is 0.753. The van der Waals surface area contributed by atoms with Gasteiger partial charge in [0.25, 0.3) is 9.05 Å². The third-order valence-electron chi connectivity index (χ3n) is 3.39. The Bertz CT molecular complexity index is 954. The molecule has 0 fully saturated rings. The number of fused-ring (bicyclic) bond motifs is 3. The fourth-order valence-corrected chi connectivity index (χ4v) is 6.73. The number of sulfone groups is 1. The summed E-state index contributed by atoms with van der Waals surface area (Å²) < 4.78 is 49.1. The van der Waals surface area contributed by atoms with E-state index in [4.69, 9.17) is 10.7 Å². The lowest BCUT2D eigenvalue weighted by molar-refractivity contribution is 0.603. The first-order valence-electron chi connectivity index (χ1n) is 5.92. The van der Waals surface area contributed by atoms with Gasteiger partial charge >= 0.3 is 0 Å². The summed E-state index contributed by atoms with van der Waals surface area (Å²) in [6.07, 6.45) is 3.78. The van der Waals surface area contributed by atoms with E-state index in [1.54, 1.807) is 17.9 Å². The monoisotopic (exact) mass is 366 g/mol. The molecule has 0 N–H and O–H groups in total. The van der Waals surface area contributed by atoms with Crippen LogP contribution in [-0.2, 0) is 38.8 Å². The number of hydrogen-bond acceptors (Lipinski definition) is 6. The van der Waals surface area contributed by atoms with Gasteiger partial charge in [0.2, 0.25) is 0 Å². The summed E-state index contributed by atoms with van der Waals surface area (Å²) in [5.41, 5.74) is 2.47. The van der Waals surface area contributed by atoms with E-state index >= 15 is 0 Å². The Labute approximate surface area is 130 Å². The topological polar surface area (TPSA) is 86.1 Å². The average molecular weight is 367 g/mol. The Morgan fingerprint density at radius 3 is 2.48 bits per heavy atom. The van der Waals surface area contributed by atoms with Crippen LogP contribution in [0.25, 0.3) is 11.3 Å². The second kappa shape index (κ2) is 4.55. The van der Waals surface area contributed by atoms with Crippen molar-refractivity contribution in [3.05, 3.63) is 17.3 Å². The highest BCUT2D eigenvalue weighted by atomic mass is 35.7. The van der Waals surface area contributed by atoms with Gasteiger partial charge in [0.05, 0.1) is 11.9 Å². The summed E-state index contributed by atoms with van der Waals surface area (Å²) in [6.45, 7) is 0. The number of nitrogens with zero attached hydrogens (tertiary/aromatic N) is 2. The molecule has 0 atom stereocenters. The molecule has 21 heavy (non-hydrogen) atoms. The van der Waals surface area contributed by atoms with Crippen LogP contribution in [0.1, 0.15) is 11.1 Å². The minimum absolute atomic E-state index is 0.0290. The van der Waals surface area contributed by atoms with Crippen LogP contribution in [0.2, 0.25) is 0 Å². The fourth-order valence-electron chi connectivity index (χ4n) is 2.59. The van der Waals surface area contributed by atoms with Crippen molar-refractivity contribution in [2.45, 2.75) is 21.3 Å². The molecule has 1 aliphatic carbocycles. The Kier molecular flexibility index (Phi) is 3.25. The van der Waals surface area contributed by atoms with Gasteiger partial charge in [-0.05, 0) is 24.0 Å². The third kappa shape index (κ3) is 2.32. The van der Waals surface area contributed by atoms with E-state index in [0.717, 1.165) is 11.8 Å². The summed E-state index contributed by atoms with van der Waals surface area (Å²) in [6, 6.07) is 0. The zero-order valence-electron chi connectivity index (χ0n) is 11.1. The maximum atomic E-state index is 12.0. The van der Waals surface area contributed by atoms with E-state index in [2.05, 4.69) is 5.10 Å². The van der Waals surface area contributed by atoms with Crippen molar-refractivity contribution in [1.82, 2.24) is 9.78 Å². The van der Waals surface area contributed by atoms with Gasteiger partial charge in [-0.3, -0.25) is 4.68 Å². The first-order chi connectivity index (χ1) is 9.60. The predicted octanol–water partition coefficient (Wildman–Crippen LogP) is 1.58. The Morgan fingerprint density at radius 1 is 1.24 bits per heavy atom. The molecule has 0 aliphatic heterocycles. The van der Waals surface area contributed by atoms with Crippen LogP contribution in [0, 0.1) is 0 Å². The van der Waals surface area contributed by atoms with Crippen molar-refractivity contribution in [1.29, 1.82) is 0 Å². The standard InChI is InChI=1S/C11H11ClN2O4S3/c1-14-9-6(5-13-14)3-4-7-8(9)11(20(2,15)16)19-10(7)21(12,17)18/h5H,3-4H2,1-2H3. The third-order valence-corrected chi connectivity index (χ3v) is 8.58. The first-order valence-corrected chi connectivity index (χ1v) is 10.9. The van der Waals surface area contributed by atoms with Gasteiger partial charge in [-0.15, -0.1) is 11.3 Å². The summed E-state index contributed by atoms with van der Waals surface area (Å²) >= 11 is 0.716. The number of halogens is 1. The average Bonchev–Trinajstić information content (AvgIpc) is 2.88. The maximum Gasteiger partial charge on any atom is 0.271 e. The molecule has 0 spiro atoms. The van der Waals surface area contributed by atoms with Crippen molar-refractivity contribution >= 4 is 40.9 Å². The van der Waals surface area contributed by atoms with E-state index in [0.29, 0.717) is 41.0 Å². The normalized spacial score (nSPS) is 14.8. The molecule has 1 aliphatic rings. The van der Waals surface area contributed by atoms with Gasteiger partial charge in [-0.2, -0.15) is 5.10 Å². The molecule has 0 radical (unpaired) electrons. The Morgan fingerprint density at radius 2 is 1.90 bits per heavy atom. The zero-order valence-corrected chi connectivity index (χ0v) is 14.3. The summed E-state index contributed by atoms with van der Waals surface area (Å²) in [4.78, 5) is 0. The van der Waals surface area contributed by atoms with Crippen LogP contribution in [0.4, 0.5) is 0 Å². The number of aromatic nitrogens is 2. The van der Waals surface area contributed by atoms with Gasteiger partial charge in [-0.1, -0.05) is 0 Å². The van der Waals surface area contributed by atoms with Crippen LogP contribution in [0.15, 0.2) is 14.6 Å². The fraction of sp³-hybridized carbons (Fsp3) is 0.364. The number of rotatable bonds is 2. The SMILES string of the molecule is Cn1ncc2c1-c1c(S(C)(=O)=O)sc(S(=O)(=O)Cl)c1CC2. The largest absolute Gasteiger partial charge is 0.271 e. The lowest BCUT2D eigenvalue weighted by Crippen LogP contribution is -2.08. The number of aryl methyl sites for hydroxylation is 2. The Balaban J connectivity index is 2.48. The van der Waals surface area contributed by atoms with Crippen LogP contribution in [-0.4, -0.2) is 32.9 Å². The molecule has 6 nitrogen and oxygen atoms in total. The summed E-state index contributed by atoms with van der Waals surface area (Å²) in [7, 11) is -0.386. The molecule has 0 unspecified atom stereocenters. The van der Waals surface area contributed by atoms with Crippen molar-refractivity contribution in [3.8, 4) is 11.3 Å². The molecule has 2 aromatic rings. The number of thiophene rings is 1. The van der Waals surface area contributed by atoms with E-state index in [1.165, 1.54) is 0 Å². The van der Waals surface area contributed by atoms with Gasteiger partial charge < -0.3 is 0 Å². The second-order valence-electron chi connectivity index (χ2n) is 4.88. The van der Waals surface area contributed by atoms with Crippen molar-refractivity contribution in [2.24, 2.45) is 7.05 Å². The van der Waals surface area contributed by atoms with E-state index in [1.807, 2.05) is 0 Å². The Hall–Kier alpha value is -0.900. The molecule has 2 heterocycles. The molecule has 0 saturated heterocycles. The zero-order chi connectivity index (χ0) is 15.6. The maximum absolute atomic E-state index is 12.0. The molecule has 2 aromatic heterocycles. The molecule has 0 bridgehead atoms. The van der Waals surface area contributed by atoms with Crippen LogP contribution in [0.5, 0.6) is 0 Å².